The van der Waals surface area contributed by atoms with Crippen molar-refractivity contribution >= 4 is 28.2 Å². The Morgan fingerprint density at radius 3 is 2.69 bits per heavy atom. The first-order valence-corrected chi connectivity index (χ1v) is 11.7. The Hall–Kier alpha value is -2.70. The number of rotatable bonds is 6. The zero-order valence-corrected chi connectivity index (χ0v) is 19.8. The second-order valence-corrected chi connectivity index (χ2v) is 9.10. The lowest BCUT2D eigenvalue weighted by atomic mass is 10.0. The molecule has 1 aliphatic heterocycles. The van der Waals surface area contributed by atoms with E-state index in [4.69, 9.17) is 17.0 Å². The van der Waals surface area contributed by atoms with E-state index >= 15 is 0 Å². The van der Waals surface area contributed by atoms with E-state index in [1.165, 1.54) is 5.56 Å². The number of H-pyrrole nitrogens is 1. The smallest absolute Gasteiger partial charge is 0.253 e. The van der Waals surface area contributed by atoms with Crippen molar-refractivity contribution in [3.05, 3.63) is 81.1 Å². The number of pyridine rings is 1. The third-order valence-corrected chi connectivity index (χ3v) is 6.63. The van der Waals surface area contributed by atoms with Gasteiger partial charge in [-0.1, -0.05) is 42.5 Å². The van der Waals surface area contributed by atoms with Gasteiger partial charge in [0.15, 0.2) is 5.11 Å². The average molecular weight is 450 g/mol. The summed E-state index contributed by atoms with van der Waals surface area (Å²) >= 11 is 5.82. The van der Waals surface area contributed by atoms with Crippen LogP contribution in [0, 0.1) is 13.8 Å². The molecule has 0 spiro atoms. The van der Waals surface area contributed by atoms with Crippen LogP contribution in [0.3, 0.4) is 0 Å². The second-order valence-electron chi connectivity index (χ2n) is 8.71. The van der Waals surface area contributed by atoms with Gasteiger partial charge in [-0.2, -0.15) is 0 Å². The Kier molecular flexibility index (Phi) is 6.92. The highest BCUT2D eigenvalue weighted by Gasteiger charge is 2.23. The maximum absolute atomic E-state index is 13.0. The Morgan fingerprint density at radius 1 is 1.22 bits per heavy atom. The summed E-state index contributed by atoms with van der Waals surface area (Å²) in [6.45, 7) is 8.07. The molecule has 0 amide bonds. The summed E-state index contributed by atoms with van der Waals surface area (Å²) in [5.41, 5.74) is 4.93. The molecular formula is C26H31N3O2S. The Bertz CT molecular complexity index is 1150. The molecule has 2 atom stereocenters. The van der Waals surface area contributed by atoms with Gasteiger partial charge in [0.2, 0.25) is 0 Å². The number of benzene rings is 2. The first kappa shape index (κ1) is 22.5. The summed E-state index contributed by atoms with van der Waals surface area (Å²) in [5, 5.41) is 5.17. The summed E-state index contributed by atoms with van der Waals surface area (Å²) in [6.07, 6.45) is 2.21. The lowest BCUT2D eigenvalue weighted by molar-refractivity contribution is 0.0895. The topological polar surface area (TPSA) is 57.4 Å². The molecular weight excluding hydrogens is 418 g/mol. The summed E-state index contributed by atoms with van der Waals surface area (Å²) in [4.78, 5) is 18.1. The molecule has 2 aromatic carbocycles. The van der Waals surface area contributed by atoms with Crippen LogP contribution >= 0.6 is 12.2 Å². The van der Waals surface area contributed by atoms with E-state index in [0.717, 1.165) is 41.5 Å². The maximum atomic E-state index is 13.0. The van der Waals surface area contributed by atoms with E-state index in [2.05, 4.69) is 47.2 Å². The summed E-state index contributed by atoms with van der Waals surface area (Å²) in [5.74, 6) is 0. The van der Waals surface area contributed by atoms with Crippen molar-refractivity contribution in [1.29, 1.82) is 0 Å². The molecule has 5 nitrogen and oxygen atoms in total. The molecule has 2 N–H and O–H groups in total. The fourth-order valence-corrected chi connectivity index (χ4v) is 4.61. The number of fused-ring (bicyclic) bond motifs is 1. The van der Waals surface area contributed by atoms with E-state index in [0.29, 0.717) is 23.8 Å². The van der Waals surface area contributed by atoms with Gasteiger partial charge in [0.1, 0.15) is 0 Å². The van der Waals surface area contributed by atoms with Crippen LogP contribution in [0.25, 0.3) is 10.9 Å². The lowest BCUT2D eigenvalue weighted by Gasteiger charge is -2.30. The van der Waals surface area contributed by atoms with Gasteiger partial charge in [-0.05, 0) is 68.6 Å². The van der Waals surface area contributed by atoms with Gasteiger partial charge >= 0.3 is 0 Å². The lowest BCUT2D eigenvalue weighted by Crippen LogP contribution is -2.44. The van der Waals surface area contributed by atoms with E-state index in [1.807, 2.05) is 37.3 Å². The Balaban J connectivity index is 1.60. The van der Waals surface area contributed by atoms with E-state index in [-0.39, 0.29) is 17.7 Å². The third kappa shape index (κ3) is 5.03. The molecule has 1 aromatic heterocycles. The highest BCUT2D eigenvalue weighted by molar-refractivity contribution is 7.80. The second kappa shape index (κ2) is 9.84. The van der Waals surface area contributed by atoms with Gasteiger partial charge in [-0.15, -0.1) is 0 Å². The number of ether oxygens (including phenoxy) is 1. The standard InChI is InChI=1S/C26H31N3O2S/c1-17-11-12-18(2)24-23(17)14-21(25(30)28-24)15-29(16-22-10-7-13-31-22)26(32)27-19(3)20-8-5-4-6-9-20/h4-6,8-9,11-12,14,19,22H,7,10,13,15-16H2,1-3H3,(H,27,32)(H,28,30)/t19-,22-/m0/s1. The molecule has 4 rings (SSSR count). The molecule has 1 saturated heterocycles. The van der Waals surface area contributed by atoms with Crippen molar-refractivity contribution in [3.63, 3.8) is 0 Å². The van der Waals surface area contributed by atoms with Crippen molar-refractivity contribution in [2.24, 2.45) is 0 Å². The van der Waals surface area contributed by atoms with Crippen LogP contribution in [-0.2, 0) is 11.3 Å². The molecule has 0 bridgehead atoms. The van der Waals surface area contributed by atoms with Crippen molar-refractivity contribution in [1.82, 2.24) is 15.2 Å². The SMILES string of the molecule is Cc1ccc(C)c2[nH]c(=O)c(CN(C[C@@H]3CCCO3)C(=S)N[C@@H](C)c3ccccc3)cc12. The highest BCUT2D eigenvalue weighted by Crippen LogP contribution is 2.21. The van der Waals surface area contributed by atoms with Crippen LogP contribution in [0.1, 0.15) is 48.1 Å². The monoisotopic (exact) mass is 449 g/mol. The Labute approximate surface area is 194 Å². The zero-order chi connectivity index (χ0) is 22.7. The van der Waals surface area contributed by atoms with Gasteiger partial charge in [0, 0.05) is 24.1 Å². The van der Waals surface area contributed by atoms with Gasteiger partial charge in [0.05, 0.1) is 24.2 Å². The van der Waals surface area contributed by atoms with Crippen LogP contribution in [0.2, 0.25) is 0 Å². The van der Waals surface area contributed by atoms with Gasteiger partial charge < -0.3 is 19.9 Å². The van der Waals surface area contributed by atoms with Crippen LogP contribution in [-0.4, -0.2) is 34.3 Å². The highest BCUT2D eigenvalue weighted by atomic mass is 32.1. The summed E-state index contributed by atoms with van der Waals surface area (Å²) < 4.78 is 5.88. The molecule has 32 heavy (non-hydrogen) atoms. The minimum atomic E-state index is -0.0672. The van der Waals surface area contributed by atoms with Crippen LogP contribution in [0.15, 0.2) is 53.3 Å². The molecule has 0 unspecified atom stereocenters. The van der Waals surface area contributed by atoms with E-state index in [9.17, 15) is 4.79 Å². The molecule has 6 heteroatoms. The van der Waals surface area contributed by atoms with E-state index in [1.54, 1.807) is 0 Å². The normalized spacial score (nSPS) is 16.8. The van der Waals surface area contributed by atoms with Crippen molar-refractivity contribution < 1.29 is 4.74 Å². The van der Waals surface area contributed by atoms with Gasteiger partial charge in [-0.25, -0.2) is 0 Å². The number of nitrogens with one attached hydrogen (secondary N) is 2. The van der Waals surface area contributed by atoms with Gasteiger partial charge in [-0.3, -0.25) is 4.79 Å². The third-order valence-electron chi connectivity index (χ3n) is 6.26. The molecule has 2 heterocycles. The van der Waals surface area contributed by atoms with E-state index < -0.39 is 0 Å². The van der Waals surface area contributed by atoms with Crippen molar-refractivity contribution in [2.75, 3.05) is 13.2 Å². The number of aromatic nitrogens is 1. The van der Waals surface area contributed by atoms with Crippen LogP contribution in [0.5, 0.6) is 0 Å². The summed E-state index contributed by atoms with van der Waals surface area (Å²) in [7, 11) is 0. The number of thiocarbonyl (C=S) groups is 1. The predicted octanol–water partition coefficient (Wildman–Crippen LogP) is 4.76. The number of aromatic amines is 1. The quantitative estimate of drug-likeness (QED) is 0.532. The number of aryl methyl sites for hydroxylation is 2. The molecule has 0 radical (unpaired) electrons. The molecule has 3 aromatic rings. The minimum absolute atomic E-state index is 0.0653. The largest absolute Gasteiger partial charge is 0.376 e. The van der Waals surface area contributed by atoms with Crippen molar-refractivity contribution in [3.8, 4) is 0 Å². The molecule has 168 valence electrons. The molecule has 1 aliphatic rings. The summed E-state index contributed by atoms with van der Waals surface area (Å²) in [6, 6.07) is 16.5. The van der Waals surface area contributed by atoms with Crippen LogP contribution in [0.4, 0.5) is 0 Å². The van der Waals surface area contributed by atoms with Gasteiger partial charge in [0.25, 0.3) is 5.56 Å². The molecule has 1 fully saturated rings. The number of hydrogen-bond donors (Lipinski definition) is 2. The number of hydrogen-bond acceptors (Lipinski definition) is 3. The predicted molar refractivity (Wildman–Crippen MR) is 134 cm³/mol. The average Bonchev–Trinajstić information content (AvgIpc) is 3.30. The first-order chi connectivity index (χ1) is 15.4. The first-order valence-electron chi connectivity index (χ1n) is 11.3. The minimum Gasteiger partial charge on any atom is -0.376 e. The van der Waals surface area contributed by atoms with Crippen LogP contribution < -0.4 is 10.9 Å². The maximum Gasteiger partial charge on any atom is 0.253 e. The zero-order valence-electron chi connectivity index (χ0n) is 19.0. The fourth-order valence-electron chi connectivity index (χ4n) is 4.30. The molecule has 0 saturated carbocycles. The Morgan fingerprint density at radius 2 is 1.97 bits per heavy atom. The number of nitrogens with zero attached hydrogens (tertiary/aromatic N) is 1. The fraction of sp³-hybridized carbons (Fsp3) is 0.385. The molecule has 0 aliphatic carbocycles. The van der Waals surface area contributed by atoms with Crippen molar-refractivity contribution in [2.45, 2.75) is 52.3 Å².